The van der Waals surface area contributed by atoms with Crippen LogP contribution in [0.2, 0.25) is 0 Å². The Balaban J connectivity index is 1.93. The highest BCUT2D eigenvalue weighted by atomic mass is 16.4. The first-order valence-corrected chi connectivity index (χ1v) is 7.34. The number of hydrogen-bond acceptors (Lipinski definition) is 2. The molecule has 2 aromatic carbocycles. The van der Waals surface area contributed by atoms with Crippen LogP contribution in [-0.4, -0.2) is 11.1 Å². The van der Waals surface area contributed by atoms with Crippen molar-refractivity contribution in [2.75, 3.05) is 5.32 Å². The Bertz CT molecular complexity index is 666. The molecule has 0 aliphatic heterocycles. The van der Waals surface area contributed by atoms with E-state index in [-0.39, 0.29) is 6.04 Å². The van der Waals surface area contributed by atoms with Gasteiger partial charge in [-0.2, -0.15) is 0 Å². The summed E-state index contributed by atoms with van der Waals surface area (Å²) in [6.45, 7) is 2.25. The van der Waals surface area contributed by atoms with Crippen molar-refractivity contribution < 1.29 is 9.90 Å². The van der Waals surface area contributed by atoms with Crippen LogP contribution in [0.1, 0.15) is 53.2 Å². The molecule has 0 bridgehead atoms. The molecule has 0 amide bonds. The molecule has 3 nitrogen and oxygen atoms in total. The maximum atomic E-state index is 11.3. The lowest BCUT2D eigenvalue weighted by Gasteiger charge is -2.31. The summed E-state index contributed by atoms with van der Waals surface area (Å²) in [5, 5.41) is 12.7. The number of anilines is 1. The van der Waals surface area contributed by atoms with Crippen molar-refractivity contribution in [1.29, 1.82) is 0 Å². The van der Waals surface area contributed by atoms with Gasteiger partial charge in [0, 0.05) is 5.69 Å². The number of aromatic carboxylic acids is 1. The van der Waals surface area contributed by atoms with Gasteiger partial charge in [0.1, 0.15) is 0 Å². The number of fused-ring (bicyclic) bond motifs is 1. The average molecular weight is 281 g/mol. The maximum absolute atomic E-state index is 11.3. The number of hydrogen-bond donors (Lipinski definition) is 2. The molecular weight excluding hydrogens is 262 g/mol. The zero-order valence-electron chi connectivity index (χ0n) is 12.0. The lowest BCUT2D eigenvalue weighted by Crippen LogP contribution is -2.20. The molecule has 1 aliphatic rings. The summed E-state index contributed by atoms with van der Waals surface area (Å²) in [7, 11) is 0. The highest BCUT2D eigenvalue weighted by molar-refractivity contribution is 5.94. The predicted octanol–water partition coefficient (Wildman–Crippen LogP) is 4.44. The van der Waals surface area contributed by atoms with Crippen LogP contribution >= 0.6 is 0 Å². The predicted molar refractivity (Wildman–Crippen MR) is 83.9 cm³/mol. The van der Waals surface area contributed by atoms with Crippen molar-refractivity contribution in [2.24, 2.45) is 0 Å². The largest absolute Gasteiger partial charge is 0.478 e. The molecule has 0 saturated heterocycles. The number of rotatable bonds is 3. The minimum Gasteiger partial charge on any atom is -0.478 e. The molecule has 2 aromatic rings. The van der Waals surface area contributed by atoms with E-state index >= 15 is 0 Å². The fraction of sp³-hybridized carbons (Fsp3) is 0.278. The van der Waals surface area contributed by atoms with E-state index in [0.717, 1.165) is 12.8 Å². The SMILES string of the molecule is CC1CCC(Nc2ccccc2C(=O)O)c2ccccc21. The number of nitrogens with one attached hydrogen (secondary N) is 1. The summed E-state index contributed by atoms with van der Waals surface area (Å²) in [5.74, 6) is -0.329. The third kappa shape index (κ3) is 2.64. The summed E-state index contributed by atoms with van der Waals surface area (Å²) < 4.78 is 0. The average Bonchev–Trinajstić information content (AvgIpc) is 2.51. The molecule has 1 aliphatic carbocycles. The second kappa shape index (κ2) is 5.60. The van der Waals surface area contributed by atoms with E-state index in [4.69, 9.17) is 0 Å². The van der Waals surface area contributed by atoms with Crippen molar-refractivity contribution in [2.45, 2.75) is 31.7 Å². The number of carboxylic acids is 1. The van der Waals surface area contributed by atoms with Crippen LogP contribution in [0.3, 0.4) is 0 Å². The third-order valence-corrected chi connectivity index (χ3v) is 4.28. The summed E-state index contributed by atoms with van der Waals surface area (Å²) >= 11 is 0. The molecule has 0 heterocycles. The van der Waals surface area contributed by atoms with Crippen LogP contribution < -0.4 is 5.32 Å². The van der Waals surface area contributed by atoms with E-state index in [1.807, 2.05) is 12.1 Å². The molecule has 2 unspecified atom stereocenters. The van der Waals surface area contributed by atoms with E-state index in [9.17, 15) is 9.90 Å². The summed E-state index contributed by atoms with van der Waals surface area (Å²) in [6.07, 6.45) is 2.13. The van der Waals surface area contributed by atoms with Gasteiger partial charge in [-0.15, -0.1) is 0 Å². The molecule has 0 fully saturated rings. The van der Waals surface area contributed by atoms with Crippen LogP contribution in [0.15, 0.2) is 48.5 Å². The minimum absolute atomic E-state index is 0.179. The number of para-hydroxylation sites is 1. The van der Waals surface area contributed by atoms with E-state index < -0.39 is 5.97 Å². The van der Waals surface area contributed by atoms with Gasteiger partial charge in [0.2, 0.25) is 0 Å². The van der Waals surface area contributed by atoms with Crippen molar-refractivity contribution in [3.8, 4) is 0 Å². The Kier molecular flexibility index (Phi) is 3.65. The van der Waals surface area contributed by atoms with Crippen molar-refractivity contribution >= 4 is 11.7 Å². The monoisotopic (exact) mass is 281 g/mol. The summed E-state index contributed by atoms with van der Waals surface area (Å²) in [5.41, 5.74) is 3.68. The van der Waals surface area contributed by atoms with Crippen LogP contribution in [-0.2, 0) is 0 Å². The van der Waals surface area contributed by atoms with E-state index in [0.29, 0.717) is 17.2 Å². The molecule has 2 atom stereocenters. The normalized spacial score (nSPS) is 20.6. The first-order chi connectivity index (χ1) is 10.2. The van der Waals surface area contributed by atoms with Crippen LogP contribution in [0.4, 0.5) is 5.69 Å². The fourth-order valence-electron chi connectivity index (χ4n) is 3.14. The molecule has 108 valence electrons. The van der Waals surface area contributed by atoms with Crippen molar-refractivity contribution in [3.63, 3.8) is 0 Å². The van der Waals surface area contributed by atoms with Gasteiger partial charge in [-0.25, -0.2) is 4.79 Å². The van der Waals surface area contributed by atoms with E-state index in [1.54, 1.807) is 12.1 Å². The van der Waals surface area contributed by atoms with E-state index in [1.165, 1.54) is 11.1 Å². The van der Waals surface area contributed by atoms with Gasteiger partial charge in [-0.3, -0.25) is 0 Å². The molecule has 21 heavy (non-hydrogen) atoms. The van der Waals surface area contributed by atoms with Gasteiger partial charge in [0.25, 0.3) is 0 Å². The zero-order valence-corrected chi connectivity index (χ0v) is 12.0. The Morgan fingerprint density at radius 1 is 1.05 bits per heavy atom. The molecule has 0 saturated carbocycles. The van der Waals surface area contributed by atoms with Crippen molar-refractivity contribution in [3.05, 3.63) is 65.2 Å². The standard InChI is InChI=1S/C18H19NO2/c1-12-10-11-17(14-7-3-2-6-13(12)14)19-16-9-5-4-8-15(16)18(20)21/h2-9,12,17,19H,10-11H2,1H3,(H,20,21). The number of carbonyl (C=O) groups is 1. The Morgan fingerprint density at radius 2 is 1.71 bits per heavy atom. The van der Waals surface area contributed by atoms with Gasteiger partial charge in [-0.05, 0) is 42.0 Å². The molecule has 2 N–H and O–H groups in total. The van der Waals surface area contributed by atoms with Crippen LogP contribution in [0.25, 0.3) is 0 Å². The second-order valence-corrected chi connectivity index (χ2v) is 5.65. The third-order valence-electron chi connectivity index (χ3n) is 4.28. The van der Waals surface area contributed by atoms with E-state index in [2.05, 4.69) is 36.5 Å². The summed E-state index contributed by atoms with van der Waals surface area (Å²) in [6, 6.07) is 15.7. The van der Waals surface area contributed by atoms with Gasteiger partial charge in [0.05, 0.1) is 11.6 Å². The Labute approximate surface area is 124 Å². The molecule has 3 heteroatoms. The lowest BCUT2D eigenvalue weighted by molar-refractivity contribution is 0.0698. The first-order valence-electron chi connectivity index (χ1n) is 7.34. The van der Waals surface area contributed by atoms with Gasteiger partial charge in [0.15, 0.2) is 0 Å². The number of benzene rings is 2. The molecule has 0 radical (unpaired) electrons. The second-order valence-electron chi connectivity index (χ2n) is 5.65. The number of carboxylic acid groups (broad SMARTS) is 1. The highest BCUT2D eigenvalue weighted by Crippen LogP contribution is 2.39. The van der Waals surface area contributed by atoms with Crippen molar-refractivity contribution in [1.82, 2.24) is 0 Å². The zero-order chi connectivity index (χ0) is 14.8. The minimum atomic E-state index is -0.893. The quantitative estimate of drug-likeness (QED) is 0.874. The van der Waals surface area contributed by atoms with Gasteiger partial charge in [-0.1, -0.05) is 43.3 Å². The lowest BCUT2D eigenvalue weighted by atomic mass is 9.81. The smallest absolute Gasteiger partial charge is 0.337 e. The fourth-order valence-corrected chi connectivity index (χ4v) is 3.14. The Morgan fingerprint density at radius 3 is 2.48 bits per heavy atom. The highest BCUT2D eigenvalue weighted by Gasteiger charge is 2.25. The molecule has 0 aromatic heterocycles. The van der Waals surface area contributed by atoms with Gasteiger partial charge < -0.3 is 10.4 Å². The molecule has 3 rings (SSSR count). The first kappa shape index (κ1) is 13.7. The maximum Gasteiger partial charge on any atom is 0.337 e. The topological polar surface area (TPSA) is 49.3 Å². The van der Waals surface area contributed by atoms with Crippen LogP contribution in [0.5, 0.6) is 0 Å². The van der Waals surface area contributed by atoms with Crippen LogP contribution in [0, 0.1) is 0 Å². The molecular formula is C18H19NO2. The van der Waals surface area contributed by atoms with Gasteiger partial charge >= 0.3 is 5.97 Å². The molecule has 0 spiro atoms. The Hall–Kier alpha value is -2.29. The summed E-state index contributed by atoms with van der Waals surface area (Å²) in [4.78, 5) is 11.3.